The van der Waals surface area contributed by atoms with E-state index in [-0.39, 0.29) is 5.41 Å². The Hall–Kier alpha value is -2.06. The van der Waals surface area contributed by atoms with E-state index in [4.69, 9.17) is 4.74 Å². The first-order valence-electron chi connectivity index (χ1n) is 7.73. The second kappa shape index (κ2) is 5.24. The van der Waals surface area contributed by atoms with Crippen LogP contribution in [0.15, 0.2) is 71.2 Å². The van der Waals surface area contributed by atoms with Gasteiger partial charge in [-0.15, -0.1) is 0 Å². The molecule has 0 aliphatic carbocycles. The summed E-state index contributed by atoms with van der Waals surface area (Å²) in [6.45, 7) is 4.51. The fraction of sp³-hybridized carbons (Fsp3) is 0.143. The molecule has 0 atom stereocenters. The normalized spacial score (nSPS) is 14.6. The van der Waals surface area contributed by atoms with Crippen molar-refractivity contribution >= 4 is 15.9 Å². The van der Waals surface area contributed by atoms with Crippen LogP contribution in [0.5, 0.6) is 11.5 Å². The Labute approximate surface area is 145 Å². The molecule has 0 aromatic heterocycles. The van der Waals surface area contributed by atoms with Crippen molar-refractivity contribution in [1.82, 2.24) is 0 Å². The predicted octanol–water partition coefficient (Wildman–Crippen LogP) is 6.55. The van der Waals surface area contributed by atoms with E-state index >= 15 is 0 Å². The van der Waals surface area contributed by atoms with Gasteiger partial charge in [0.15, 0.2) is 0 Å². The van der Waals surface area contributed by atoms with Crippen LogP contribution in [0.4, 0.5) is 0 Å². The molecule has 1 heterocycles. The standard InChI is InChI=1S/C21H17BrO/c1-21(2)17-8-3-4-9-19(17)23-20-13-15(10-11-18(20)21)14-6-5-7-16(22)12-14/h3-13H,1-2H3. The van der Waals surface area contributed by atoms with Gasteiger partial charge >= 0.3 is 0 Å². The van der Waals surface area contributed by atoms with Crippen LogP contribution in [-0.2, 0) is 5.41 Å². The maximum Gasteiger partial charge on any atom is 0.132 e. The molecule has 0 spiro atoms. The third kappa shape index (κ3) is 2.38. The summed E-state index contributed by atoms with van der Waals surface area (Å²) in [5.74, 6) is 1.91. The molecule has 3 aromatic carbocycles. The summed E-state index contributed by atoms with van der Waals surface area (Å²) in [7, 11) is 0. The van der Waals surface area contributed by atoms with Gasteiger partial charge in [0.25, 0.3) is 0 Å². The highest BCUT2D eigenvalue weighted by atomic mass is 79.9. The SMILES string of the molecule is CC1(C)c2ccccc2Oc2cc(-c3cccc(Br)c3)ccc21. The summed E-state index contributed by atoms with van der Waals surface area (Å²) in [6.07, 6.45) is 0. The van der Waals surface area contributed by atoms with E-state index in [0.717, 1.165) is 16.0 Å². The molecule has 0 radical (unpaired) electrons. The minimum Gasteiger partial charge on any atom is -0.457 e. The molecule has 1 aliphatic heterocycles. The monoisotopic (exact) mass is 364 g/mol. The fourth-order valence-electron chi connectivity index (χ4n) is 3.31. The second-order valence-electron chi connectivity index (χ2n) is 6.44. The zero-order valence-corrected chi connectivity index (χ0v) is 14.7. The highest BCUT2D eigenvalue weighted by Gasteiger charge is 2.33. The number of para-hydroxylation sites is 1. The molecule has 2 heteroatoms. The molecule has 23 heavy (non-hydrogen) atoms. The minimum atomic E-state index is -0.0556. The van der Waals surface area contributed by atoms with Crippen molar-refractivity contribution in [3.8, 4) is 22.6 Å². The lowest BCUT2D eigenvalue weighted by Gasteiger charge is -2.34. The number of fused-ring (bicyclic) bond motifs is 2. The van der Waals surface area contributed by atoms with E-state index in [9.17, 15) is 0 Å². The summed E-state index contributed by atoms with van der Waals surface area (Å²) in [6, 6.07) is 23.2. The van der Waals surface area contributed by atoms with Crippen molar-refractivity contribution < 1.29 is 4.74 Å². The third-order valence-corrected chi connectivity index (χ3v) is 5.09. The van der Waals surface area contributed by atoms with Gasteiger partial charge in [-0.25, -0.2) is 0 Å². The molecule has 3 aromatic rings. The van der Waals surface area contributed by atoms with Crippen molar-refractivity contribution in [2.45, 2.75) is 19.3 Å². The Balaban J connectivity index is 1.86. The van der Waals surface area contributed by atoms with Gasteiger partial charge in [-0.05, 0) is 35.4 Å². The van der Waals surface area contributed by atoms with Gasteiger partial charge < -0.3 is 4.74 Å². The lowest BCUT2D eigenvalue weighted by molar-refractivity contribution is 0.418. The molecule has 0 saturated carbocycles. The van der Waals surface area contributed by atoms with Crippen LogP contribution in [-0.4, -0.2) is 0 Å². The van der Waals surface area contributed by atoms with Crippen LogP contribution < -0.4 is 4.74 Å². The Kier molecular flexibility index (Phi) is 3.31. The first-order chi connectivity index (χ1) is 11.1. The number of halogens is 1. The Morgan fingerprint density at radius 2 is 1.48 bits per heavy atom. The van der Waals surface area contributed by atoms with Crippen molar-refractivity contribution in [3.05, 3.63) is 82.3 Å². The number of hydrogen-bond donors (Lipinski definition) is 0. The highest BCUT2D eigenvalue weighted by molar-refractivity contribution is 9.10. The average molecular weight is 365 g/mol. The van der Waals surface area contributed by atoms with Gasteiger partial charge in [-0.2, -0.15) is 0 Å². The molecule has 114 valence electrons. The summed E-state index contributed by atoms with van der Waals surface area (Å²) in [5, 5.41) is 0. The van der Waals surface area contributed by atoms with Crippen LogP contribution in [0.25, 0.3) is 11.1 Å². The number of ether oxygens (including phenoxy) is 1. The predicted molar refractivity (Wildman–Crippen MR) is 98.2 cm³/mol. The lowest BCUT2D eigenvalue weighted by Crippen LogP contribution is -2.24. The minimum absolute atomic E-state index is 0.0556. The zero-order valence-electron chi connectivity index (χ0n) is 13.1. The molecular formula is C21H17BrO. The van der Waals surface area contributed by atoms with E-state index in [1.807, 2.05) is 18.2 Å². The van der Waals surface area contributed by atoms with E-state index in [2.05, 4.69) is 78.3 Å². The van der Waals surface area contributed by atoms with E-state index in [0.29, 0.717) is 0 Å². The van der Waals surface area contributed by atoms with E-state index < -0.39 is 0 Å². The van der Waals surface area contributed by atoms with Crippen LogP contribution >= 0.6 is 15.9 Å². The Bertz CT molecular complexity index is 896. The average Bonchev–Trinajstić information content (AvgIpc) is 2.54. The van der Waals surface area contributed by atoms with Crippen LogP contribution in [0.2, 0.25) is 0 Å². The topological polar surface area (TPSA) is 9.23 Å². The molecule has 0 amide bonds. The summed E-state index contributed by atoms with van der Waals surface area (Å²) in [4.78, 5) is 0. The molecule has 0 saturated heterocycles. The number of hydrogen-bond acceptors (Lipinski definition) is 1. The second-order valence-corrected chi connectivity index (χ2v) is 7.36. The Morgan fingerprint density at radius 1 is 0.739 bits per heavy atom. The maximum absolute atomic E-state index is 6.19. The van der Waals surface area contributed by atoms with Crippen molar-refractivity contribution in [3.63, 3.8) is 0 Å². The summed E-state index contributed by atoms with van der Waals surface area (Å²) >= 11 is 3.54. The molecule has 0 fully saturated rings. The zero-order chi connectivity index (χ0) is 16.0. The lowest BCUT2D eigenvalue weighted by atomic mass is 9.75. The highest BCUT2D eigenvalue weighted by Crippen LogP contribution is 2.48. The van der Waals surface area contributed by atoms with Crippen LogP contribution in [0, 0.1) is 0 Å². The van der Waals surface area contributed by atoms with Crippen LogP contribution in [0.1, 0.15) is 25.0 Å². The van der Waals surface area contributed by atoms with Gasteiger partial charge in [0.05, 0.1) is 0 Å². The molecule has 1 aliphatic rings. The first-order valence-corrected chi connectivity index (χ1v) is 8.53. The molecule has 0 bridgehead atoms. The first kappa shape index (κ1) is 14.5. The van der Waals surface area contributed by atoms with Crippen molar-refractivity contribution in [2.24, 2.45) is 0 Å². The molecular weight excluding hydrogens is 348 g/mol. The largest absolute Gasteiger partial charge is 0.457 e. The smallest absolute Gasteiger partial charge is 0.132 e. The number of benzene rings is 3. The Morgan fingerprint density at radius 3 is 2.30 bits per heavy atom. The maximum atomic E-state index is 6.19. The van der Waals surface area contributed by atoms with Crippen molar-refractivity contribution in [2.75, 3.05) is 0 Å². The van der Waals surface area contributed by atoms with Crippen molar-refractivity contribution in [1.29, 1.82) is 0 Å². The quantitative estimate of drug-likeness (QED) is 0.475. The molecule has 1 nitrogen and oxygen atoms in total. The summed E-state index contributed by atoms with van der Waals surface area (Å²) in [5.41, 5.74) is 4.76. The van der Waals surface area contributed by atoms with Gasteiger partial charge in [0.1, 0.15) is 11.5 Å². The van der Waals surface area contributed by atoms with E-state index in [1.54, 1.807) is 0 Å². The molecule has 0 unspecified atom stereocenters. The summed E-state index contributed by atoms with van der Waals surface area (Å²) < 4.78 is 7.28. The number of rotatable bonds is 1. The fourth-order valence-corrected chi connectivity index (χ4v) is 3.71. The van der Waals surface area contributed by atoms with Gasteiger partial charge in [0.2, 0.25) is 0 Å². The molecule has 0 N–H and O–H groups in total. The molecule has 4 rings (SSSR count). The van der Waals surface area contributed by atoms with Gasteiger partial charge in [-0.1, -0.05) is 72.2 Å². The third-order valence-electron chi connectivity index (χ3n) is 4.59. The van der Waals surface area contributed by atoms with Gasteiger partial charge in [0, 0.05) is 21.0 Å². The van der Waals surface area contributed by atoms with Gasteiger partial charge in [-0.3, -0.25) is 0 Å². The van der Waals surface area contributed by atoms with Crippen LogP contribution in [0.3, 0.4) is 0 Å². The van der Waals surface area contributed by atoms with E-state index in [1.165, 1.54) is 22.3 Å².